The van der Waals surface area contributed by atoms with E-state index in [1.807, 2.05) is 18.2 Å². The summed E-state index contributed by atoms with van der Waals surface area (Å²) in [6.45, 7) is 0.879. The first-order valence-corrected chi connectivity index (χ1v) is 7.62. The molecule has 0 spiro atoms. The molecule has 1 amide bonds. The van der Waals surface area contributed by atoms with E-state index >= 15 is 0 Å². The lowest BCUT2D eigenvalue weighted by Gasteiger charge is -2.20. The summed E-state index contributed by atoms with van der Waals surface area (Å²) in [5.41, 5.74) is 0.953. The van der Waals surface area contributed by atoms with E-state index in [0.29, 0.717) is 24.4 Å². The third kappa shape index (κ3) is 3.89. The van der Waals surface area contributed by atoms with Crippen molar-refractivity contribution in [2.24, 2.45) is 0 Å². The Bertz CT molecular complexity index is 621. The van der Waals surface area contributed by atoms with Gasteiger partial charge in [0.1, 0.15) is 0 Å². The number of halogens is 1. The van der Waals surface area contributed by atoms with Crippen LogP contribution >= 0.6 is 27.3 Å². The maximum atomic E-state index is 12.5. The predicted molar refractivity (Wildman–Crippen MR) is 81.2 cm³/mol. The van der Waals surface area contributed by atoms with E-state index in [0.717, 1.165) is 9.35 Å². The maximum Gasteiger partial charge on any atom is 0.264 e. The number of amides is 1. The molecule has 0 N–H and O–H groups in total. The van der Waals surface area contributed by atoms with Gasteiger partial charge >= 0.3 is 0 Å². The molecule has 0 aliphatic rings. The van der Waals surface area contributed by atoms with E-state index in [1.165, 1.54) is 11.3 Å². The number of rotatable bonds is 5. The lowest BCUT2D eigenvalue weighted by molar-refractivity contribution is 0.0751. The summed E-state index contributed by atoms with van der Waals surface area (Å²) >= 11 is 4.75. The van der Waals surface area contributed by atoms with Gasteiger partial charge in [0, 0.05) is 25.5 Å². The highest BCUT2D eigenvalue weighted by atomic mass is 79.9. The third-order valence-corrected chi connectivity index (χ3v) is 4.27. The standard InChI is InChI=1S/C14H12BrN3OS/c15-13-5-4-12(20-13)14(19)18(8-2-6-16)10-11-3-1-7-17-9-11/h1,3-5,7,9H,2,8,10H2. The number of aromatic nitrogens is 1. The lowest BCUT2D eigenvalue weighted by Crippen LogP contribution is -2.30. The average molecular weight is 350 g/mol. The predicted octanol–water partition coefficient (Wildman–Crippen LogP) is 3.46. The SMILES string of the molecule is N#CCCN(Cc1cccnc1)C(=O)c1ccc(Br)s1. The molecule has 2 heterocycles. The van der Waals surface area contributed by atoms with E-state index in [-0.39, 0.29) is 5.91 Å². The van der Waals surface area contributed by atoms with E-state index in [2.05, 4.69) is 27.0 Å². The van der Waals surface area contributed by atoms with Crippen molar-refractivity contribution in [2.45, 2.75) is 13.0 Å². The van der Waals surface area contributed by atoms with Crippen molar-refractivity contribution in [1.82, 2.24) is 9.88 Å². The molecule has 20 heavy (non-hydrogen) atoms. The first-order valence-electron chi connectivity index (χ1n) is 6.01. The quantitative estimate of drug-likeness (QED) is 0.830. The van der Waals surface area contributed by atoms with Gasteiger partial charge in [0.25, 0.3) is 5.91 Å². The number of hydrogen-bond acceptors (Lipinski definition) is 4. The number of carbonyl (C=O) groups is 1. The second-order valence-electron chi connectivity index (χ2n) is 4.10. The van der Waals surface area contributed by atoms with Gasteiger partial charge in [-0.05, 0) is 39.7 Å². The minimum absolute atomic E-state index is 0.0557. The van der Waals surface area contributed by atoms with Crippen LogP contribution in [-0.2, 0) is 6.54 Å². The fourth-order valence-corrected chi connectivity index (χ4v) is 3.09. The number of thiophene rings is 1. The minimum Gasteiger partial charge on any atom is -0.333 e. The van der Waals surface area contributed by atoms with Crippen molar-refractivity contribution in [3.05, 3.63) is 50.9 Å². The third-order valence-electron chi connectivity index (χ3n) is 2.66. The van der Waals surface area contributed by atoms with Crippen LogP contribution < -0.4 is 0 Å². The molecule has 2 rings (SSSR count). The van der Waals surface area contributed by atoms with Gasteiger partial charge in [-0.2, -0.15) is 5.26 Å². The van der Waals surface area contributed by atoms with Crippen LogP contribution in [0.3, 0.4) is 0 Å². The van der Waals surface area contributed by atoms with Crippen molar-refractivity contribution >= 4 is 33.2 Å². The van der Waals surface area contributed by atoms with Gasteiger partial charge in [-0.15, -0.1) is 11.3 Å². The van der Waals surface area contributed by atoms with Crippen LogP contribution in [-0.4, -0.2) is 22.3 Å². The topological polar surface area (TPSA) is 57.0 Å². The van der Waals surface area contributed by atoms with Crippen molar-refractivity contribution in [3.63, 3.8) is 0 Å². The number of nitrogens with zero attached hydrogens (tertiary/aromatic N) is 3. The molecular formula is C14H12BrN3OS. The Kier molecular flexibility index (Phi) is 5.27. The second-order valence-corrected chi connectivity index (χ2v) is 6.56. The smallest absolute Gasteiger partial charge is 0.264 e. The second kappa shape index (κ2) is 7.17. The van der Waals surface area contributed by atoms with Crippen LogP contribution in [0.15, 0.2) is 40.4 Å². The Hall–Kier alpha value is -1.71. The Morgan fingerprint density at radius 3 is 2.90 bits per heavy atom. The molecule has 0 saturated carbocycles. The van der Waals surface area contributed by atoms with E-state index < -0.39 is 0 Å². The zero-order valence-electron chi connectivity index (χ0n) is 10.6. The van der Waals surface area contributed by atoms with Gasteiger partial charge in [0.05, 0.1) is 21.2 Å². The minimum atomic E-state index is -0.0557. The Morgan fingerprint density at radius 2 is 2.30 bits per heavy atom. The molecule has 102 valence electrons. The number of nitriles is 1. The fourth-order valence-electron chi connectivity index (χ4n) is 1.73. The largest absolute Gasteiger partial charge is 0.333 e. The van der Waals surface area contributed by atoms with Crippen LogP contribution in [0.1, 0.15) is 21.7 Å². The fraction of sp³-hybridized carbons (Fsp3) is 0.214. The van der Waals surface area contributed by atoms with Gasteiger partial charge in [0.15, 0.2) is 0 Å². The zero-order valence-corrected chi connectivity index (χ0v) is 13.0. The van der Waals surface area contributed by atoms with Crippen LogP contribution in [0.25, 0.3) is 0 Å². The first-order chi connectivity index (χ1) is 9.70. The summed E-state index contributed by atoms with van der Waals surface area (Å²) in [5, 5.41) is 8.73. The summed E-state index contributed by atoms with van der Waals surface area (Å²) in [4.78, 5) is 18.8. The van der Waals surface area contributed by atoms with Gasteiger partial charge < -0.3 is 4.90 Å². The van der Waals surface area contributed by atoms with Gasteiger partial charge in [0.2, 0.25) is 0 Å². The number of pyridine rings is 1. The van der Waals surface area contributed by atoms with Crippen LogP contribution in [0.5, 0.6) is 0 Å². The first kappa shape index (κ1) is 14.7. The summed E-state index contributed by atoms with van der Waals surface area (Å²) in [7, 11) is 0. The summed E-state index contributed by atoms with van der Waals surface area (Å²) in [6.07, 6.45) is 3.75. The average Bonchev–Trinajstić information content (AvgIpc) is 2.90. The highest BCUT2D eigenvalue weighted by Crippen LogP contribution is 2.24. The van der Waals surface area contributed by atoms with Gasteiger partial charge in [-0.3, -0.25) is 9.78 Å². The molecule has 0 saturated heterocycles. The van der Waals surface area contributed by atoms with E-state index in [9.17, 15) is 4.79 Å². The summed E-state index contributed by atoms with van der Waals surface area (Å²) in [6, 6.07) is 9.48. The summed E-state index contributed by atoms with van der Waals surface area (Å²) in [5.74, 6) is -0.0557. The maximum absolute atomic E-state index is 12.5. The van der Waals surface area contributed by atoms with Crippen molar-refractivity contribution in [1.29, 1.82) is 5.26 Å². The van der Waals surface area contributed by atoms with Crippen molar-refractivity contribution < 1.29 is 4.79 Å². The molecule has 0 aliphatic carbocycles. The lowest BCUT2D eigenvalue weighted by atomic mass is 10.2. The molecule has 0 atom stereocenters. The highest BCUT2D eigenvalue weighted by Gasteiger charge is 2.17. The Labute approximate surface area is 129 Å². The van der Waals surface area contributed by atoms with Crippen LogP contribution in [0.2, 0.25) is 0 Å². The molecule has 6 heteroatoms. The van der Waals surface area contributed by atoms with E-state index in [1.54, 1.807) is 23.4 Å². The van der Waals surface area contributed by atoms with Gasteiger partial charge in [-0.25, -0.2) is 0 Å². The van der Waals surface area contributed by atoms with Gasteiger partial charge in [-0.1, -0.05) is 6.07 Å². The van der Waals surface area contributed by atoms with E-state index in [4.69, 9.17) is 5.26 Å². The molecule has 0 radical (unpaired) electrons. The molecule has 0 fully saturated rings. The number of hydrogen-bond donors (Lipinski definition) is 0. The van der Waals surface area contributed by atoms with Crippen LogP contribution in [0.4, 0.5) is 0 Å². The van der Waals surface area contributed by atoms with Crippen molar-refractivity contribution in [3.8, 4) is 6.07 Å². The normalized spacial score (nSPS) is 10.0. The molecule has 2 aromatic rings. The molecular weight excluding hydrogens is 338 g/mol. The Balaban J connectivity index is 2.15. The molecule has 0 bridgehead atoms. The number of carbonyl (C=O) groups excluding carboxylic acids is 1. The molecule has 0 aliphatic heterocycles. The van der Waals surface area contributed by atoms with Crippen molar-refractivity contribution in [2.75, 3.05) is 6.54 Å². The molecule has 0 unspecified atom stereocenters. The monoisotopic (exact) mass is 349 g/mol. The van der Waals surface area contributed by atoms with Crippen LogP contribution in [0, 0.1) is 11.3 Å². The highest BCUT2D eigenvalue weighted by molar-refractivity contribution is 9.11. The molecule has 2 aromatic heterocycles. The Morgan fingerprint density at radius 1 is 1.45 bits per heavy atom. The molecule has 0 aromatic carbocycles. The zero-order chi connectivity index (χ0) is 14.4. The molecule has 4 nitrogen and oxygen atoms in total. The summed E-state index contributed by atoms with van der Waals surface area (Å²) < 4.78 is 0.919.